The number of ether oxygens (including phenoxy) is 1. The van der Waals surface area contributed by atoms with E-state index in [9.17, 15) is 0 Å². The van der Waals surface area contributed by atoms with Gasteiger partial charge < -0.3 is 4.74 Å². The van der Waals surface area contributed by atoms with Crippen LogP contribution in [0.1, 0.15) is 31.2 Å². The summed E-state index contributed by atoms with van der Waals surface area (Å²) in [7, 11) is 0. The Kier molecular flexibility index (Phi) is 2.96. The molecule has 1 aromatic carbocycles. The summed E-state index contributed by atoms with van der Waals surface area (Å²) < 4.78 is 5.94. The van der Waals surface area contributed by atoms with Crippen molar-refractivity contribution in [1.29, 1.82) is 0 Å². The molecule has 0 spiro atoms. The Morgan fingerprint density at radius 2 is 1.88 bits per heavy atom. The molecule has 0 amide bonds. The lowest BCUT2D eigenvalue weighted by molar-refractivity contribution is 0.0663. The summed E-state index contributed by atoms with van der Waals surface area (Å²) in [5.41, 5.74) is 1.47. The molecule has 3 atom stereocenters. The minimum Gasteiger partial charge on any atom is -0.378 e. The largest absolute Gasteiger partial charge is 0.378 e. The third-order valence-corrected chi connectivity index (χ3v) is 4.22. The summed E-state index contributed by atoms with van der Waals surface area (Å²) in [5.74, 6) is 1.61. The Morgan fingerprint density at radius 1 is 1.06 bits per heavy atom. The van der Waals surface area contributed by atoms with E-state index in [0.717, 1.165) is 18.4 Å². The third-order valence-electron chi connectivity index (χ3n) is 4.22. The van der Waals surface area contributed by atoms with Crippen LogP contribution in [0.2, 0.25) is 0 Å². The molecule has 1 heterocycles. The highest BCUT2D eigenvalue weighted by Crippen LogP contribution is 2.39. The fourth-order valence-corrected chi connectivity index (χ4v) is 3.37. The molecule has 1 aromatic rings. The molecule has 0 radical (unpaired) electrons. The van der Waals surface area contributed by atoms with Crippen molar-refractivity contribution in [3.05, 3.63) is 35.9 Å². The molecule has 3 rings (SSSR count). The van der Waals surface area contributed by atoms with Crippen molar-refractivity contribution in [1.82, 2.24) is 0 Å². The van der Waals surface area contributed by atoms with E-state index >= 15 is 0 Å². The number of fused-ring (bicyclic) bond motifs is 1. The molecular weight excluding hydrogens is 196 g/mol. The van der Waals surface area contributed by atoms with Crippen molar-refractivity contribution in [3.63, 3.8) is 0 Å². The van der Waals surface area contributed by atoms with Gasteiger partial charge in [-0.15, -0.1) is 0 Å². The summed E-state index contributed by atoms with van der Waals surface area (Å²) in [6, 6.07) is 10.9. The molecule has 1 nitrogen and oxygen atoms in total. The SMILES string of the molecule is c1ccc(CC2CO[C@@H]3CCCC[C@H]23)cc1. The van der Waals surface area contributed by atoms with Gasteiger partial charge in [-0.2, -0.15) is 0 Å². The van der Waals surface area contributed by atoms with Gasteiger partial charge in [0.1, 0.15) is 0 Å². The quantitative estimate of drug-likeness (QED) is 0.736. The molecule has 2 fully saturated rings. The molecule has 1 saturated carbocycles. The van der Waals surface area contributed by atoms with E-state index in [1.54, 1.807) is 0 Å². The van der Waals surface area contributed by atoms with Gasteiger partial charge in [0.25, 0.3) is 0 Å². The van der Waals surface area contributed by atoms with Gasteiger partial charge in [0, 0.05) is 0 Å². The first-order chi connectivity index (χ1) is 7.93. The summed E-state index contributed by atoms with van der Waals surface area (Å²) in [4.78, 5) is 0. The van der Waals surface area contributed by atoms with Crippen LogP contribution in [0.3, 0.4) is 0 Å². The summed E-state index contributed by atoms with van der Waals surface area (Å²) in [5, 5.41) is 0. The topological polar surface area (TPSA) is 9.23 Å². The van der Waals surface area contributed by atoms with Gasteiger partial charge in [-0.1, -0.05) is 43.2 Å². The monoisotopic (exact) mass is 216 g/mol. The maximum Gasteiger partial charge on any atom is 0.0607 e. The van der Waals surface area contributed by atoms with Gasteiger partial charge >= 0.3 is 0 Å². The second kappa shape index (κ2) is 4.58. The summed E-state index contributed by atoms with van der Waals surface area (Å²) >= 11 is 0. The first-order valence-corrected chi connectivity index (χ1v) is 6.59. The Labute approximate surface area is 97.8 Å². The fourth-order valence-electron chi connectivity index (χ4n) is 3.37. The zero-order valence-corrected chi connectivity index (χ0v) is 9.77. The molecule has 1 heteroatoms. The van der Waals surface area contributed by atoms with E-state index in [1.807, 2.05) is 0 Å². The van der Waals surface area contributed by atoms with Crippen LogP contribution < -0.4 is 0 Å². The first-order valence-electron chi connectivity index (χ1n) is 6.59. The molecule has 86 valence electrons. The van der Waals surface area contributed by atoms with E-state index in [4.69, 9.17) is 4.74 Å². The normalized spacial score (nSPS) is 33.6. The van der Waals surface area contributed by atoms with Gasteiger partial charge in [-0.05, 0) is 36.7 Å². The molecule has 1 aliphatic heterocycles. The molecule has 1 aliphatic carbocycles. The first kappa shape index (κ1) is 10.3. The zero-order valence-electron chi connectivity index (χ0n) is 9.77. The van der Waals surface area contributed by atoms with Gasteiger partial charge in [0.05, 0.1) is 12.7 Å². The molecule has 0 bridgehead atoms. The van der Waals surface area contributed by atoms with E-state index in [0.29, 0.717) is 6.10 Å². The van der Waals surface area contributed by atoms with Crippen molar-refractivity contribution in [2.45, 2.75) is 38.2 Å². The lowest BCUT2D eigenvalue weighted by Crippen LogP contribution is -2.25. The van der Waals surface area contributed by atoms with E-state index in [-0.39, 0.29) is 0 Å². The Bertz CT molecular complexity index is 333. The fraction of sp³-hybridized carbons (Fsp3) is 0.600. The summed E-state index contributed by atoms with van der Waals surface area (Å²) in [6.45, 7) is 0.990. The lowest BCUT2D eigenvalue weighted by Gasteiger charge is -2.27. The second-order valence-electron chi connectivity index (χ2n) is 5.27. The van der Waals surface area contributed by atoms with Crippen molar-refractivity contribution < 1.29 is 4.74 Å². The molecule has 0 N–H and O–H groups in total. The minimum atomic E-state index is 0.586. The van der Waals surface area contributed by atoms with Gasteiger partial charge in [0.2, 0.25) is 0 Å². The van der Waals surface area contributed by atoms with Crippen molar-refractivity contribution in [2.75, 3.05) is 6.61 Å². The highest BCUT2D eigenvalue weighted by molar-refractivity contribution is 5.16. The standard InChI is InChI=1S/C15H20O/c1-2-6-12(7-3-1)10-13-11-16-15-9-5-4-8-14(13)15/h1-3,6-7,13-15H,4-5,8-11H2/t13?,14-,15-/m1/s1. The molecule has 16 heavy (non-hydrogen) atoms. The van der Waals surface area contributed by atoms with Crippen LogP contribution in [0.4, 0.5) is 0 Å². The maximum absolute atomic E-state index is 5.94. The molecule has 2 aliphatic rings. The van der Waals surface area contributed by atoms with Crippen LogP contribution in [-0.2, 0) is 11.2 Å². The molecule has 0 aromatic heterocycles. The predicted octanol–water partition coefficient (Wildman–Crippen LogP) is 3.43. The Morgan fingerprint density at radius 3 is 2.75 bits per heavy atom. The highest BCUT2D eigenvalue weighted by Gasteiger charge is 2.38. The van der Waals surface area contributed by atoms with Crippen LogP contribution in [0.5, 0.6) is 0 Å². The van der Waals surface area contributed by atoms with Crippen LogP contribution >= 0.6 is 0 Å². The van der Waals surface area contributed by atoms with Crippen LogP contribution in [0.15, 0.2) is 30.3 Å². The Balaban J connectivity index is 1.67. The average molecular weight is 216 g/mol. The molecule has 1 unspecified atom stereocenters. The minimum absolute atomic E-state index is 0.586. The van der Waals surface area contributed by atoms with Crippen LogP contribution in [0.25, 0.3) is 0 Å². The maximum atomic E-state index is 5.94. The van der Waals surface area contributed by atoms with E-state index < -0.39 is 0 Å². The van der Waals surface area contributed by atoms with Crippen molar-refractivity contribution in [2.24, 2.45) is 11.8 Å². The van der Waals surface area contributed by atoms with Crippen molar-refractivity contribution in [3.8, 4) is 0 Å². The lowest BCUT2D eigenvalue weighted by atomic mass is 9.78. The zero-order chi connectivity index (χ0) is 10.8. The average Bonchev–Trinajstić information content (AvgIpc) is 2.74. The van der Waals surface area contributed by atoms with E-state index in [1.165, 1.54) is 37.7 Å². The number of hydrogen-bond donors (Lipinski definition) is 0. The number of benzene rings is 1. The summed E-state index contributed by atoms with van der Waals surface area (Å²) in [6.07, 6.45) is 7.28. The molecular formula is C15H20O. The smallest absolute Gasteiger partial charge is 0.0607 e. The number of rotatable bonds is 2. The Hall–Kier alpha value is -0.820. The van der Waals surface area contributed by atoms with Gasteiger partial charge in [0.15, 0.2) is 0 Å². The van der Waals surface area contributed by atoms with Gasteiger partial charge in [-0.3, -0.25) is 0 Å². The highest BCUT2D eigenvalue weighted by atomic mass is 16.5. The van der Waals surface area contributed by atoms with Crippen molar-refractivity contribution >= 4 is 0 Å². The van der Waals surface area contributed by atoms with Crippen LogP contribution in [-0.4, -0.2) is 12.7 Å². The van der Waals surface area contributed by atoms with E-state index in [2.05, 4.69) is 30.3 Å². The van der Waals surface area contributed by atoms with Gasteiger partial charge in [-0.25, -0.2) is 0 Å². The number of hydrogen-bond acceptors (Lipinski definition) is 1. The third kappa shape index (κ3) is 2.01. The molecule has 1 saturated heterocycles. The predicted molar refractivity (Wildman–Crippen MR) is 65.3 cm³/mol. The second-order valence-corrected chi connectivity index (χ2v) is 5.27. The van der Waals surface area contributed by atoms with Crippen LogP contribution in [0, 0.1) is 11.8 Å².